The molecule has 10 nitrogen and oxygen atoms in total. The molecule has 0 bridgehead atoms. The molecule has 0 atom stereocenters. The summed E-state index contributed by atoms with van der Waals surface area (Å²) in [6, 6.07) is 11.1. The topological polar surface area (TPSA) is 141 Å². The second-order valence-electron chi connectivity index (χ2n) is 9.22. The number of amides is 2. The number of rotatable bonds is 6. The zero-order valence-corrected chi connectivity index (χ0v) is 20.5. The number of nitrogens with one attached hydrogen (secondary N) is 2. The maximum Gasteiger partial charge on any atom is 0.256 e. The first-order valence-electron chi connectivity index (χ1n) is 12.2. The minimum atomic E-state index is -0.247. The molecule has 37 heavy (non-hydrogen) atoms. The highest BCUT2D eigenvalue weighted by Gasteiger charge is 2.27. The molecule has 4 N–H and O–H groups in total. The highest BCUT2D eigenvalue weighted by Crippen LogP contribution is 2.36. The zero-order chi connectivity index (χ0) is 25.9. The van der Waals surface area contributed by atoms with Gasteiger partial charge < -0.3 is 16.4 Å². The van der Waals surface area contributed by atoms with Crippen molar-refractivity contribution in [2.75, 3.05) is 11.1 Å². The maximum atomic E-state index is 12.7. The standard InChI is InChI=1S/C27H28N8O2/c1-3-22(36)32-19-8-10-20(11-9-19)35-26-23(25(28)30-15-31-26)24(34-35)17-4-6-18(7-5-17)27(37)33-21-14-16(2)12-13-29-21/h3-7,12-15,19-20H,1,8-11H2,2H3,(H,32,36)(H2,28,30,31)(H,29,33,37)/t19-,20-. The van der Waals surface area contributed by atoms with Gasteiger partial charge in [0, 0.05) is 23.4 Å². The molecule has 0 aliphatic heterocycles. The van der Waals surface area contributed by atoms with Crippen molar-refractivity contribution in [3.05, 3.63) is 72.7 Å². The largest absolute Gasteiger partial charge is 0.383 e. The molecule has 4 aromatic rings. The van der Waals surface area contributed by atoms with Gasteiger partial charge in [-0.1, -0.05) is 18.7 Å². The Morgan fingerprint density at radius 1 is 1.08 bits per heavy atom. The number of aryl methyl sites for hydroxylation is 1. The summed E-state index contributed by atoms with van der Waals surface area (Å²) in [6.45, 7) is 5.46. The number of hydrogen-bond donors (Lipinski definition) is 3. The van der Waals surface area contributed by atoms with E-state index < -0.39 is 0 Å². The number of anilines is 2. The number of carbonyl (C=O) groups is 2. The molecule has 5 rings (SSSR count). The van der Waals surface area contributed by atoms with Gasteiger partial charge in [-0.2, -0.15) is 5.10 Å². The van der Waals surface area contributed by atoms with Gasteiger partial charge in [-0.05, 0) is 68.5 Å². The molecular formula is C27H28N8O2. The van der Waals surface area contributed by atoms with Crippen LogP contribution in [0.4, 0.5) is 11.6 Å². The molecular weight excluding hydrogens is 468 g/mol. The van der Waals surface area contributed by atoms with E-state index in [9.17, 15) is 9.59 Å². The summed E-state index contributed by atoms with van der Waals surface area (Å²) in [5, 5.41) is 11.4. The predicted octanol–water partition coefficient (Wildman–Crippen LogP) is 3.82. The number of aromatic nitrogens is 5. The van der Waals surface area contributed by atoms with E-state index in [2.05, 4.69) is 32.2 Å². The van der Waals surface area contributed by atoms with Gasteiger partial charge in [-0.15, -0.1) is 0 Å². The Morgan fingerprint density at radius 2 is 1.84 bits per heavy atom. The Morgan fingerprint density at radius 3 is 2.54 bits per heavy atom. The third kappa shape index (κ3) is 5.04. The van der Waals surface area contributed by atoms with Gasteiger partial charge in [0.25, 0.3) is 5.91 Å². The summed E-state index contributed by atoms with van der Waals surface area (Å²) in [5.41, 5.74) is 9.94. The van der Waals surface area contributed by atoms with E-state index >= 15 is 0 Å². The van der Waals surface area contributed by atoms with E-state index in [1.807, 2.05) is 35.9 Å². The molecule has 3 heterocycles. The Hall–Kier alpha value is -4.60. The molecule has 0 spiro atoms. The molecule has 0 unspecified atom stereocenters. The van der Waals surface area contributed by atoms with E-state index in [4.69, 9.17) is 10.8 Å². The van der Waals surface area contributed by atoms with Crippen LogP contribution in [0.2, 0.25) is 0 Å². The number of fused-ring (bicyclic) bond motifs is 1. The molecule has 1 saturated carbocycles. The van der Waals surface area contributed by atoms with Crippen molar-refractivity contribution in [3.8, 4) is 11.3 Å². The number of carbonyl (C=O) groups excluding carboxylic acids is 2. The van der Waals surface area contributed by atoms with Crippen molar-refractivity contribution in [2.24, 2.45) is 0 Å². The van der Waals surface area contributed by atoms with Crippen LogP contribution in [0, 0.1) is 6.92 Å². The first kappa shape index (κ1) is 24.1. The zero-order valence-electron chi connectivity index (χ0n) is 20.5. The van der Waals surface area contributed by atoms with Crippen LogP contribution < -0.4 is 16.4 Å². The van der Waals surface area contributed by atoms with E-state index in [0.717, 1.165) is 36.8 Å². The van der Waals surface area contributed by atoms with E-state index in [0.29, 0.717) is 33.9 Å². The van der Waals surface area contributed by atoms with Crippen molar-refractivity contribution in [3.63, 3.8) is 0 Å². The molecule has 2 amide bonds. The highest BCUT2D eigenvalue weighted by atomic mass is 16.2. The number of hydrogen-bond acceptors (Lipinski definition) is 7. The SMILES string of the molecule is C=CC(=O)N[C@H]1CC[C@H](n2nc(-c3ccc(C(=O)Nc4cc(C)ccn4)cc3)c3c(N)ncnc32)CC1. The maximum absolute atomic E-state index is 12.7. The van der Waals surface area contributed by atoms with Gasteiger partial charge in [0.2, 0.25) is 5.91 Å². The fourth-order valence-corrected chi connectivity index (χ4v) is 4.75. The summed E-state index contributed by atoms with van der Waals surface area (Å²) in [5.74, 6) is 0.458. The van der Waals surface area contributed by atoms with Crippen molar-refractivity contribution in [2.45, 2.75) is 44.7 Å². The average molecular weight is 497 g/mol. The Kier molecular flexibility index (Phi) is 6.63. The number of nitrogen functional groups attached to an aromatic ring is 1. The van der Waals surface area contributed by atoms with Crippen LogP contribution in [0.1, 0.15) is 47.6 Å². The van der Waals surface area contributed by atoms with Crippen LogP contribution >= 0.6 is 0 Å². The molecule has 0 radical (unpaired) electrons. The first-order chi connectivity index (χ1) is 17.9. The molecule has 0 saturated heterocycles. The third-order valence-electron chi connectivity index (χ3n) is 6.67. The van der Waals surface area contributed by atoms with Crippen molar-refractivity contribution in [1.29, 1.82) is 0 Å². The van der Waals surface area contributed by atoms with E-state index in [-0.39, 0.29) is 23.9 Å². The van der Waals surface area contributed by atoms with Crippen LogP contribution in [0.3, 0.4) is 0 Å². The first-order valence-corrected chi connectivity index (χ1v) is 12.2. The molecule has 1 aromatic carbocycles. The van der Waals surface area contributed by atoms with Gasteiger partial charge >= 0.3 is 0 Å². The van der Waals surface area contributed by atoms with E-state index in [1.54, 1.807) is 18.3 Å². The average Bonchev–Trinajstić information content (AvgIpc) is 3.30. The van der Waals surface area contributed by atoms with Gasteiger partial charge in [-0.3, -0.25) is 9.59 Å². The van der Waals surface area contributed by atoms with E-state index in [1.165, 1.54) is 12.4 Å². The lowest BCUT2D eigenvalue weighted by Crippen LogP contribution is -2.37. The molecule has 10 heteroatoms. The Labute approximate surface area is 214 Å². The summed E-state index contributed by atoms with van der Waals surface area (Å²) in [7, 11) is 0. The summed E-state index contributed by atoms with van der Waals surface area (Å²) in [4.78, 5) is 37.3. The number of nitrogens with zero attached hydrogens (tertiary/aromatic N) is 5. The van der Waals surface area contributed by atoms with Crippen LogP contribution in [0.25, 0.3) is 22.3 Å². The van der Waals surface area contributed by atoms with Crippen molar-refractivity contribution in [1.82, 2.24) is 30.0 Å². The number of benzene rings is 1. The van der Waals surface area contributed by atoms with Crippen molar-refractivity contribution < 1.29 is 9.59 Å². The fraction of sp³-hybridized carbons (Fsp3) is 0.259. The lowest BCUT2D eigenvalue weighted by molar-refractivity contribution is -0.117. The fourth-order valence-electron chi connectivity index (χ4n) is 4.75. The Bertz CT molecular complexity index is 1470. The molecule has 1 fully saturated rings. The molecule has 3 aromatic heterocycles. The minimum Gasteiger partial charge on any atom is -0.383 e. The van der Waals surface area contributed by atoms with Crippen molar-refractivity contribution >= 4 is 34.5 Å². The lowest BCUT2D eigenvalue weighted by atomic mass is 9.91. The van der Waals surface area contributed by atoms with Crippen LogP contribution in [0.15, 0.2) is 61.6 Å². The third-order valence-corrected chi connectivity index (χ3v) is 6.67. The lowest BCUT2D eigenvalue weighted by Gasteiger charge is -2.29. The second-order valence-corrected chi connectivity index (χ2v) is 9.22. The summed E-state index contributed by atoms with van der Waals surface area (Å²) >= 11 is 0. The molecule has 1 aliphatic carbocycles. The predicted molar refractivity (Wildman–Crippen MR) is 142 cm³/mol. The Balaban J connectivity index is 1.39. The quantitative estimate of drug-likeness (QED) is 0.345. The molecule has 1 aliphatic rings. The number of pyridine rings is 1. The van der Waals surface area contributed by atoms with Crippen LogP contribution in [-0.4, -0.2) is 42.6 Å². The summed E-state index contributed by atoms with van der Waals surface area (Å²) in [6.07, 6.45) is 7.76. The minimum absolute atomic E-state index is 0.120. The van der Waals surface area contributed by atoms with Gasteiger partial charge in [-0.25, -0.2) is 19.6 Å². The highest BCUT2D eigenvalue weighted by molar-refractivity contribution is 6.04. The monoisotopic (exact) mass is 496 g/mol. The second kappa shape index (κ2) is 10.2. The van der Waals surface area contributed by atoms with Crippen LogP contribution in [-0.2, 0) is 4.79 Å². The number of nitrogens with two attached hydrogens (primary N) is 1. The van der Waals surface area contributed by atoms with Gasteiger partial charge in [0.1, 0.15) is 23.7 Å². The smallest absolute Gasteiger partial charge is 0.256 e. The van der Waals surface area contributed by atoms with Gasteiger partial charge in [0.05, 0.1) is 11.4 Å². The van der Waals surface area contributed by atoms with Crippen LogP contribution in [0.5, 0.6) is 0 Å². The summed E-state index contributed by atoms with van der Waals surface area (Å²) < 4.78 is 1.93. The normalized spacial score (nSPS) is 17.3. The van der Waals surface area contributed by atoms with Gasteiger partial charge in [0.15, 0.2) is 5.65 Å². The molecule has 188 valence electrons.